The van der Waals surface area contributed by atoms with Crippen LogP contribution in [0.3, 0.4) is 0 Å². The summed E-state index contributed by atoms with van der Waals surface area (Å²) in [5.41, 5.74) is 12.6. The molecule has 0 bridgehead atoms. The number of benzene rings is 3. The van der Waals surface area contributed by atoms with Gasteiger partial charge >= 0.3 is 0 Å². The Kier molecular flexibility index (Phi) is 5.92. The number of nitrogens with zero attached hydrogens (tertiary/aromatic N) is 4. The maximum absolute atomic E-state index is 13.6. The molecule has 3 aromatic heterocycles. The minimum atomic E-state index is -0.288. The molecule has 0 spiro atoms. The Morgan fingerprint density at radius 3 is 2.69 bits per heavy atom. The van der Waals surface area contributed by atoms with Crippen molar-refractivity contribution in [2.75, 3.05) is 32.0 Å². The minimum absolute atomic E-state index is 0.288. The molecule has 1 aliphatic heterocycles. The van der Waals surface area contributed by atoms with Gasteiger partial charge in [-0.15, -0.1) is 11.3 Å². The van der Waals surface area contributed by atoms with E-state index in [9.17, 15) is 4.79 Å². The summed E-state index contributed by atoms with van der Waals surface area (Å²) >= 11 is 1.50. The topological polar surface area (TPSA) is 126 Å². The molecule has 194 valence electrons. The Bertz CT molecular complexity index is 1850. The third-order valence-corrected chi connectivity index (χ3v) is 8.00. The van der Waals surface area contributed by atoms with Crippen LogP contribution in [0.15, 0.2) is 71.1 Å². The lowest BCUT2D eigenvalue weighted by Crippen LogP contribution is -2.35. The van der Waals surface area contributed by atoms with E-state index in [0.29, 0.717) is 22.4 Å². The number of anilines is 1. The first-order valence-electron chi connectivity index (χ1n) is 12.7. The number of thiazole rings is 1. The number of nitrogen functional groups attached to an aromatic ring is 1. The molecule has 4 heterocycles. The Labute approximate surface area is 227 Å². The molecule has 0 atom stereocenters. The van der Waals surface area contributed by atoms with E-state index in [4.69, 9.17) is 15.5 Å². The Morgan fingerprint density at radius 2 is 1.90 bits per heavy atom. The number of nitrogens with one attached hydrogen (secondary N) is 2. The van der Waals surface area contributed by atoms with E-state index in [1.54, 1.807) is 12.4 Å². The van der Waals surface area contributed by atoms with Gasteiger partial charge < -0.3 is 15.5 Å². The number of nitrogens with two attached hydrogens (primary N) is 1. The molecule has 7 rings (SSSR count). The summed E-state index contributed by atoms with van der Waals surface area (Å²) in [5.74, 6) is 0.493. The Morgan fingerprint density at radius 1 is 1.05 bits per heavy atom. The average Bonchev–Trinajstić information content (AvgIpc) is 3.67. The van der Waals surface area contributed by atoms with E-state index >= 15 is 0 Å². The lowest BCUT2D eigenvalue weighted by Gasteiger charge is -2.26. The fourth-order valence-electron chi connectivity index (χ4n) is 5.21. The van der Waals surface area contributed by atoms with Crippen molar-refractivity contribution >= 4 is 38.8 Å². The Hall–Kier alpha value is -4.38. The van der Waals surface area contributed by atoms with Gasteiger partial charge in [0.2, 0.25) is 0 Å². The molecule has 9 nitrogen and oxygen atoms in total. The fourth-order valence-corrected chi connectivity index (χ4v) is 5.87. The molecule has 0 radical (unpaired) electrons. The van der Waals surface area contributed by atoms with Gasteiger partial charge in [0, 0.05) is 53.3 Å². The van der Waals surface area contributed by atoms with Crippen molar-refractivity contribution in [3.63, 3.8) is 0 Å². The van der Waals surface area contributed by atoms with Crippen LogP contribution < -0.4 is 11.3 Å². The van der Waals surface area contributed by atoms with Crippen molar-refractivity contribution in [2.24, 2.45) is 0 Å². The minimum Gasteiger partial charge on any atom is -0.398 e. The predicted octanol–water partition coefficient (Wildman–Crippen LogP) is 4.67. The first-order chi connectivity index (χ1) is 19.2. The van der Waals surface area contributed by atoms with Crippen molar-refractivity contribution in [3.8, 4) is 33.1 Å². The summed E-state index contributed by atoms with van der Waals surface area (Å²) < 4.78 is 5.45. The van der Waals surface area contributed by atoms with E-state index in [1.165, 1.54) is 16.9 Å². The molecule has 0 unspecified atom stereocenters. The van der Waals surface area contributed by atoms with Gasteiger partial charge in [0.25, 0.3) is 5.56 Å². The van der Waals surface area contributed by atoms with Crippen LogP contribution in [-0.4, -0.2) is 56.4 Å². The summed E-state index contributed by atoms with van der Waals surface area (Å²) in [6.07, 6.45) is 3.52. The molecule has 39 heavy (non-hydrogen) atoms. The first kappa shape index (κ1) is 23.7. The molecular formula is C29H25N7O2S. The summed E-state index contributed by atoms with van der Waals surface area (Å²) in [6, 6.07) is 16.0. The summed E-state index contributed by atoms with van der Waals surface area (Å²) in [4.78, 5) is 28.5. The number of ether oxygens (including phenoxy) is 1. The second kappa shape index (κ2) is 9.73. The number of hydrogen-bond donors (Lipinski definition) is 3. The standard InChI is InChI=1S/C29H25N7O2S/c30-25-20(19-2-1-3-23-22(19)15-32-35-23)14-21(29-31-8-13-39-29)26-24(25)28(37)34-27(33-26)18-6-4-17(5-7-18)16-36-9-11-38-12-10-36/h1-8,13-15H,9-12,16,30H2,(H,32,35)(H,33,34,37). The summed E-state index contributed by atoms with van der Waals surface area (Å²) in [7, 11) is 0. The number of aromatic amines is 2. The maximum Gasteiger partial charge on any atom is 0.261 e. The Balaban J connectivity index is 1.36. The zero-order valence-corrected chi connectivity index (χ0v) is 21.8. The summed E-state index contributed by atoms with van der Waals surface area (Å²) in [6.45, 7) is 4.26. The summed E-state index contributed by atoms with van der Waals surface area (Å²) in [5, 5.41) is 11.1. The number of rotatable bonds is 5. The molecule has 1 saturated heterocycles. The molecule has 0 saturated carbocycles. The van der Waals surface area contributed by atoms with Crippen LogP contribution in [0.1, 0.15) is 5.56 Å². The highest BCUT2D eigenvalue weighted by Gasteiger charge is 2.21. The van der Waals surface area contributed by atoms with Crippen LogP contribution in [0.5, 0.6) is 0 Å². The van der Waals surface area contributed by atoms with E-state index in [1.807, 2.05) is 41.8 Å². The number of hydrogen-bond acceptors (Lipinski definition) is 8. The normalized spacial score (nSPS) is 14.4. The number of aromatic nitrogens is 5. The average molecular weight is 536 g/mol. The van der Waals surface area contributed by atoms with Crippen LogP contribution >= 0.6 is 11.3 Å². The molecule has 3 aromatic carbocycles. The first-order valence-corrected chi connectivity index (χ1v) is 13.6. The number of H-pyrrole nitrogens is 2. The molecule has 6 aromatic rings. The van der Waals surface area contributed by atoms with Crippen molar-refractivity contribution in [3.05, 3.63) is 82.2 Å². The van der Waals surface area contributed by atoms with E-state index in [-0.39, 0.29) is 5.56 Å². The molecule has 1 fully saturated rings. The highest BCUT2D eigenvalue weighted by Crippen LogP contribution is 2.40. The fraction of sp³-hybridized carbons (Fsp3) is 0.172. The zero-order valence-electron chi connectivity index (χ0n) is 21.0. The van der Waals surface area contributed by atoms with Gasteiger partial charge in [-0.2, -0.15) is 5.10 Å². The van der Waals surface area contributed by atoms with Crippen LogP contribution in [-0.2, 0) is 11.3 Å². The SMILES string of the molecule is Nc1c(-c2cccc3[nH]ncc23)cc(-c2nccs2)c2nc(-c3ccc(CN4CCOCC4)cc3)[nH]c(=O)c12. The highest BCUT2D eigenvalue weighted by atomic mass is 32.1. The largest absolute Gasteiger partial charge is 0.398 e. The van der Waals surface area contributed by atoms with Gasteiger partial charge in [0.15, 0.2) is 0 Å². The predicted molar refractivity (Wildman–Crippen MR) is 155 cm³/mol. The van der Waals surface area contributed by atoms with Crippen LogP contribution in [0, 0.1) is 0 Å². The second-order valence-electron chi connectivity index (χ2n) is 9.58. The van der Waals surface area contributed by atoms with Gasteiger partial charge in [0.05, 0.1) is 41.5 Å². The monoisotopic (exact) mass is 535 g/mol. The van der Waals surface area contributed by atoms with Crippen molar-refractivity contribution < 1.29 is 4.74 Å². The van der Waals surface area contributed by atoms with Crippen LogP contribution in [0.2, 0.25) is 0 Å². The van der Waals surface area contributed by atoms with Gasteiger partial charge in [-0.05, 0) is 23.3 Å². The van der Waals surface area contributed by atoms with Crippen molar-refractivity contribution in [1.82, 2.24) is 30.0 Å². The van der Waals surface area contributed by atoms with Gasteiger partial charge in [-0.3, -0.25) is 14.8 Å². The third kappa shape index (κ3) is 4.28. The van der Waals surface area contributed by atoms with E-state index < -0.39 is 0 Å². The van der Waals surface area contributed by atoms with Gasteiger partial charge in [-0.25, -0.2) is 9.97 Å². The number of morpholine rings is 1. The zero-order chi connectivity index (χ0) is 26.3. The number of fused-ring (bicyclic) bond motifs is 2. The van der Waals surface area contributed by atoms with Crippen molar-refractivity contribution in [2.45, 2.75) is 6.54 Å². The van der Waals surface area contributed by atoms with E-state index in [0.717, 1.165) is 71.0 Å². The smallest absolute Gasteiger partial charge is 0.261 e. The third-order valence-electron chi connectivity index (χ3n) is 7.20. The molecule has 0 aliphatic carbocycles. The van der Waals surface area contributed by atoms with E-state index in [2.05, 4.69) is 37.2 Å². The second-order valence-corrected chi connectivity index (χ2v) is 10.5. The maximum atomic E-state index is 13.6. The van der Waals surface area contributed by atoms with Crippen LogP contribution in [0.25, 0.3) is 54.9 Å². The molecule has 0 amide bonds. The molecular weight excluding hydrogens is 510 g/mol. The van der Waals surface area contributed by atoms with Gasteiger partial charge in [0.1, 0.15) is 10.8 Å². The van der Waals surface area contributed by atoms with Gasteiger partial charge in [-0.1, -0.05) is 36.4 Å². The van der Waals surface area contributed by atoms with Crippen LogP contribution in [0.4, 0.5) is 5.69 Å². The lowest BCUT2D eigenvalue weighted by molar-refractivity contribution is 0.0342. The van der Waals surface area contributed by atoms with Crippen molar-refractivity contribution in [1.29, 1.82) is 0 Å². The molecule has 1 aliphatic rings. The highest BCUT2D eigenvalue weighted by molar-refractivity contribution is 7.13. The molecule has 10 heteroatoms. The quantitative estimate of drug-likeness (QED) is 0.274. The molecule has 4 N–H and O–H groups in total. The lowest BCUT2D eigenvalue weighted by atomic mass is 9.95.